The van der Waals surface area contributed by atoms with Crippen molar-refractivity contribution in [2.45, 2.75) is 36.8 Å². The molecule has 0 unspecified atom stereocenters. The summed E-state index contributed by atoms with van der Waals surface area (Å²) in [4.78, 5) is 25.1. The Bertz CT molecular complexity index is 1150. The normalized spacial score (nSPS) is 14.2. The van der Waals surface area contributed by atoms with Gasteiger partial charge in [0, 0.05) is 12.1 Å². The van der Waals surface area contributed by atoms with Crippen molar-refractivity contribution < 1.29 is 37.0 Å². The first-order valence-electron chi connectivity index (χ1n) is 10.1. The van der Waals surface area contributed by atoms with Crippen molar-refractivity contribution in [1.82, 2.24) is 4.72 Å². The molecule has 1 atom stereocenters. The highest BCUT2D eigenvalue weighted by molar-refractivity contribution is 7.89. The highest BCUT2D eigenvalue weighted by Gasteiger charge is 2.31. The molecule has 1 aliphatic carbocycles. The Morgan fingerprint density at radius 3 is 2.24 bits per heavy atom. The topological polar surface area (TPSA) is 129 Å². The highest BCUT2D eigenvalue weighted by Crippen LogP contribution is 2.30. The van der Waals surface area contributed by atoms with Crippen molar-refractivity contribution in [3.05, 3.63) is 42.0 Å². The molecule has 2 aromatic rings. The molecule has 2 aromatic carbocycles. The number of methoxy groups -OCH3 is 3. The van der Waals surface area contributed by atoms with Crippen LogP contribution >= 0.6 is 0 Å². The molecule has 0 aromatic heterocycles. The molecule has 0 spiro atoms. The lowest BCUT2D eigenvalue weighted by molar-refractivity contribution is -0.123. The van der Waals surface area contributed by atoms with E-state index in [1.54, 1.807) is 18.2 Å². The maximum Gasteiger partial charge on any atom is 0.338 e. The molecular formula is C22H26N2O8S. The molecule has 3 rings (SSSR count). The first-order valence-corrected chi connectivity index (χ1v) is 11.6. The van der Waals surface area contributed by atoms with Crippen molar-refractivity contribution in [1.29, 1.82) is 0 Å². The van der Waals surface area contributed by atoms with Crippen LogP contribution in [-0.2, 0) is 19.6 Å². The quantitative estimate of drug-likeness (QED) is 0.498. The summed E-state index contributed by atoms with van der Waals surface area (Å²) in [6.45, 7) is 1.40. The highest BCUT2D eigenvalue weighted by atomic mass is 32.2. The number of rotatable bonds is 10. The number of hydrogen-bond donors (Lipinski definition) is 2. The van der Waals surface area contributed by atoms with Gasteiger partial charge in [0.15, 0.2) is 6.10 Å². The van der Waals surface area contributed by atoms with Gasteiger partial charge in [0.1, 0.15) is 22.1 Å². The van der Waals surface area contributed by atoms with Crippen LogP contribution in [0.5, 0.6) is 17.2 Å². The van der Waals surface area contributed by atoms with Crippen LogP contribution < -0.4 is 24.2 Å². The van der Waals surface area contributed by atoms with Crippen LogP contribution in [0.1, 0.15) is 30.1 Å². The monoisotopic (exact) mass is 478 g/mol. The summed E-state index contributed by atoms with van der Waals surface area (Å²) in [5.41, 5.74) is 0.305. The first kappa shape index (κ1) is 24.3. The maximum absolute atomic E-state index is 12.7. The molecule has 0 bridgehead atoms. The molecule has 1 amide bonds. The second-order valence-corrected chi connectivity index (χ2v) is 9.05. The molecule has 10 nitrogen and oxygen atoms in total. The summed E-state index contributed by atoms with van der Waals surface area (Å²) in [5, 5.41) is 2.63. The predicted octanol–water partition coefficient (Wildman–Crippen LogP) is 2.34. The van der Waals surface area contributed by atoms with E-state index >= 15 is 0 Å². The van der Waals surface area contributed by atoms with Gasteiger partial charge in [-0.25, -0.2) is 17.9 Å². The molecule has 1 aliphatic rings. The zero-order valence-corrected chi connectivity index (χ0v) is 19.5. The van der Waals surface area contributed by atoms with Crippen molar-refractivity contribution in [3.63, 3.8) is 0 Å². The Hall–Kier alpha value is -3.31. The van der Waals surface area contributed by atoms with E-state index in [4.69, 9.17) is 18.9 Å². The Morgan fingerprint density at radius 1 is 0.970 bits per heavy atom. The van der Waals surface area contributed by atoms with E-state index in [1.807, 2.05) is 0 Å². The number of amides is 1. The van der Waals surface area contributed by atoms with Crippen LogP contribution in [0.2, 0.25) is 0 Å². The number of benzene rings is 2. The number of esters is 1. The Balaban J connectivity index is 1.74. The van der Waals surface area contributed by atoms with Gasteiger partial charge in [-0.3, -0.25) is 4.79 Å². The van der Waals surface area contributed by atoms with E-state index in [2.05, 4.69) is 10.0 Å². The number of anilines is 1. The summed E-state index contributed by atoms with van der Waals surface area (Å²) in [5.74, 6) is -0.471. The number of nitrogens with one attached hydrogen (secondary N) is 2. The largest absolute Gasteiger partial charge is 0.497 e. The van der Waals surface area contributed by atoms with Crippen molar-refractivity contribution >= 4 is 27.6 Å². The summed E-state index contributed by atoms with van der Waals surface area (Å²) < 4.78 is 48.6. The lowest BCUT2D eigenvalue weighted by Gasteiger charge is -2.16. The molecule has 1 saturated carbocycles. The van der Waals surface area contributed by atoms with E-state index in [9.17, 15) is 18.0 Å². The molecule has 0 aliphatic heterocycles. The summed E-state index contributed by atoms with van der Waals surface area (Å²) >= 11 is 0. The minimum atomic E-state index is -3.88. The van der Waals surface area contributed by atoms with Gasteiger partial charge in [-0.15, -0.1) is 0 Å². The average molecular weight is 479 g/mol. The molecule has 11 heteroatoms. The average Bonchev–Trinajstić information content (AvgIpc) is 3.61. The Kier molecular flexibility index (Phi) is 7.44. The van der Waals surface area contributed by atoms with E-state index < -0.39 is 28.0 Å². The first-order chi connectivity index (χ1) is 15.7. The van der Waals surface area contributed by atoms with Gasteiger partial charge in [-0.05, 0) is 50.1 Å². The third kappa shape index (κ3) is 5.93. The molecule has 1 fully saturated rings. The summed E-state index contributed by atoms with van der Waals surface area (Å²) in [6, 6.07) is 8.65. The van der Waals surface area contributed by atoms with E-state index in [-0.39, 0.29) is 22.3 Å². The minimum absolute atomic E-state index is 0.0365. The fraction of sp³-hybridized carbons (Fsp3) is 0.364. The van der Waals surface area contributed by atoms with Gasteiger partial charge in [0.2, 0.25) is 10.0 Å². The van der Waals surface area contributed by atoms with Crippen LogP contribution in [0.4, 0.5) is 5.69 Å². The van der Waals surface area contributed by atoms with Gasteiger partial charge < -0.3 is 24.3 Å². The van der Waals surface area contributed by atoms with Crippen LogP contribution in [0.3, 0.4) is 0 Å². The number of carbonyl (C=O) groups is 2. The lowest BCUT2D eigenvalue weighted by Crippen LogP contribution is -2.30. The molecule has 33 heavy (non-hydrogen) atoms. The number of sulfonamides is 1. The fourth-order valence-electron chi connectivity index (χ4n) is 2.93. The van der Waals surface area contributed by atoms with Crippen molar-refractivity contribution in [2.75, 3.05) is 26.6 Å². The minimum Gasteiger partial charge on any atom is -0.497 e. The van der Waals surface area contributed by atoms with Gasteiger partial charge in [-0.1, -0.05) is 0 Å². The van der Waals surface area contributed by atoms with Gasteiger partial charge in [0.05, 0.1) is 32.6 Å². The molecule has 178 valence electrons. The van der Waals surface area contributed by atoms with E-state index in [0.717, 1.165) is 12.8 Å². The lowest BCUT2D eigenvalue weighted by atomic mass is 10.2. The van der Waals surface area contributed by atoms with Crippen molar-refractivity contribution in [2.24, 2.45) is 0 Å². The third-order valence-electron chi connectivity index (χ3n) is 4.91. The van der Waals surface area contributed by atoms with Gasteiger partial charge >= 0.3 is 5.97 Å². The molecule has 0 heterocycles. The summed E-state index contributed by atoms with van der Waals surface area (Å²) in [6.07, 6.45) is 0.335. The third-order valence-corrected chi connectivity index (χ3v) is 6.45. The van der Waals surface area contributed by atoms with Crippen LogP contribution in [0, 0.1) is 0 Å². The molecule has 2 N–H and O–H groups in total. The Labute approximate surface area is 192 Å². The van der Waals surface area contributed by atoms with Crippen LogP contribution in [-0.4, -0.2) is 53.8 Å². The Morgan fingerprint density at radius 2 is 1.64 bits per heavy atom. The predicted molar refractivity (Wildman–Crippen MR) is 119 cm³/mol. The van der Waals surface area contributed by atoms with Gasteiger partial charge in [0.25, 0.3) is 5.91 Å². The van der Waals surface area contributed by atoms with Crippen LogP contribution in [0.25, 0.3) is 0 Å². The molecule has 0 saturated heterocycles. The van der Waals surface area contributed by atoms with Gasteiger partial charge in [-0.2, -0.15) is 0 Å². The zero-order valence-electron chi connectivity index (χ0n) is 18.7. The standard InChI is InChI=1S/C22H26N2O8S/c1-13(21(25)23-17-12-16(29-2)8-10-18(17)30-3)32-22(26)14-5-9-19(31-4)20(11-14)33(27,28)24-15-6-7-15/h5,8-13,15,24H,6-7H2,1-4H3,(H,23,25)/t13-/m0/s1. The molecular weight excluding hydrogens is 452 g/mol. The van der Waals surface area contributed by atoms with E-state index in [0.29, 0.717) is 17.2 Å². The molecule has 0 radical (unpaired) electrons. The van der Waals surface area contributed by atoms with Crippen molar-refractivity contribution in [3.8, 4) is 17.2 Å². The SMILES string of the molecule is COc1ccc(OC)c(NC(=O)[C@H](C)OC(=O)c2ccc(OC)c(S(=O)(=O)NC3CC3)c2)c1. The summed E-state index contributed by atoms with van der Waals surface area (Å²) in [7, 11) is 0.393. The fourth-order valence-corrected chi connectivity index (χ4v) is 4.43. The number of ether oxygens (including phenoxy) is 4. The maximum atomic E-state index is 12.7. The second-order valence-electron chi connectivity index (χ2n) is 7.36. The zero-order chi connectivity index (χ0) is 24.2. The second kappa shape index (κ2) is 10.1. The smallest absolute Gasteiger partial charge is 0.338 e. The number of hydrogen-bond acceptors (Lipinski definition) is 8. The number of carbonyl (C=O) groups excluding carboxylic acids is 2. The van der Waals surface area contributed by atoms with Crippen LogP contribution in [0.15, 0.2) is 41.3 Å². The van der Waals surface area contributed by atoms with E-state index in [1.165, 1.54) is 46.5 Å².